The molecule has 0 N–H and O–H groups in total. The van der Waals surface area contributed by atoms with Crippen molar-refractivity contribution in [3.8, 4) is 12.3 Å². The Balaban J connectivity index is 3.13. The topological polar surface area (TPSA) is 17.8 Å². The monoisotopic (exact) mass is 156 g/mol. The van der Waals surface area contributed by atoms with E-state index in [0.717, 1.165) is 0 Å². The zero-order valence-electron chi connectivity index (χ0n) is 5.88. The van der Waals surface area contributed by atoms with Gasteiger partial charge in [0, 0.05) is 0 Å². The average Bonchev–Trinajstić information content (AvgIpc) is 2.30. The normalized spacial score (nSPS) is 10.1. The van der Waals surface area contributed by atoms with Crippen LogP contribution in [0.15, 0.2) is 6.20 Å². The first kappa shape index (κ1) is 7.73. The molecule has 0 aromatic carbocycles. The predicted molar refractivity (Wildman–Crippen MR) is 36.2 cm³/mol. The van der Waals surface area contributed by atoms with E-state index in [1.54, 1.807) is 0 Å². The number of rotatable bonds is 1. The molecule has 2 nitrogen and oxygen atoms in total. The van der Waals surface area contributed by atoms with Gasteiger partial charge in [0.05, 0.1) is 17.5 Å². The lowest BCUT2D eigenvalue weighted by Gasteiger charge is -2.00. The van der Waals surface area contributed by atoms with E-state index >= 15 is 0 Å². The van der Waals surface area contributed by atoms with E-state index in [1.807, 2.05) is 0 Å². The highest BCUT2D eigenvalue weighted by Gasteiger charge is 2.11. The zero-order valence-corrected chi connectivity index (χ0v) is 5.88. The van der Waals surface area contributed by atoms with E-state index in [0.29, 0.717) is 15.9 Å². The molecule has 0 aliphatic heterocycles. The van der Waals surface area contributed by atoms with Crippen LogP contribution in [-0.4, -0.2) is 9.78 Å². The van der Waals surface area contributed by atoms with Crippen molar-refractivity contribution in [3.05, 3.63) is 17.5 Å². The second-order valence-electron chi connectivity index (χ2n) is 2.01. The summed E-state index contributed by atoms with van der Waals surface area (Å²) in [5, 5.41) is 3.41. The highest BCUT2D eigenvalue weighted by atomic mass is 19.3. The number of hydrogen-bond donors (Lipinski definition) is 0. The molecule has 0 saturated carbocycles. The summed E-state index contributed by atoms with van der Waals surface area (Å²) in [7, 11) is 0. The Labute approximate surface area is 62.8 Å². The standard InChI is InChI=1S/C7H6F2N2/c1-3-6-4-10-11(5(6)2)7(8)9/h1,4,7H,2H3. The number of nitrogens with zero attached hydrogens (tertiary/aromatic N) is 2. The van der Waals surface area contributed by atoms with Gasteiger partial charge < -0.3 is 0 Å². The average molecular weight is 156 g/mol. The molecule has 4 heteroatoms. The van der Waals surface area contributed by atoms with Crippen molar-refractivity contribution < 1.29 is 8.78 Å². The maximum absolute atomic E-state index is 12.0. The van der Waals surface area contributed by atoms with E-state index < -0.39 is 6.55 Å². The number of halogens is 2. The van der Waals surface area contributed by atoms with Crippen molar-refractivity contribution in [3.63, 3.8) is 0 Å². The molecule has 1 rings (SSSR count). The Morgan fingerprint density at radius 3 is 2.64 bits per heavy atom. The van der Waals surface area contributed by atoms with Crippen molar-refractivity contribution in [2.75, 3.05) is 0 Å². The Bertz CT molecular complexity index is 296. The molecule has 11 heavy (non-hydrogen) atoms. The maximum atomic E-state index is 12.0. The van der Waals surface area contributed by atoms with E-state index in [4.69, 9.17) is 6.42 Å². The lowest BCUT2D eigenvalue weighted by atomic mass is 10.3. The molecule has 58 valence electrons. The molecule has 0 saturated heterocycles. The summed E-state index contributed by atoms with van der Waals surface area (Å²) in [6, 6.07) is 0. The van der Waals surface area contributed by atoms with E-state index in [9.17, 15) is 8.78 Å². The van der Waals surface area contributed by atoms with Gasteiger partial charge in [-0.25, -0.2) is 4.68 Å². The van der Waals surface area contributed by atoms with Crippen molar-refractivity contribution in [1.82, 2.24) is 9.78 Å². The highest BCUT2D eigenvalue weighted by molar-refractivity contribution is 5.33. The number of alkyl halides is 2. The number of hydrogen-bond acceptors (Lipinski definition) is 1. The minimum atomic E-state index is -2.61. The number of terminal acetylenes is 1. The molecule has 1 aromatic rings. The molecule has 0 bridgehead atoms. The van der Waals surface area contributed by atoms with Crippen molar-refractivity contribution in [2.45, 2.75) is 13.5 Å². The van der Waals surface area contributed by atoms with Crippen LogP contribution in [0.25, 0.3) is 0 Å². The summed E-state index contributed by atoms with van der Waals surface area (Å²) < 4.78 is 24.6. The van der Waals surface area contributed by atoms with Gasteiger partial charge in [-0.15, -0.1) is 6.42 Å². The molecular weight excluding hydrogens is 150 g/mol. The van der Waals surface area contributed by atoms with Crippen LogP contribution in [0, 0.1) is 19.3 Å². The van der Waals surface area contributed by atoms with Crippen LogP contribution in [0.3, 0.4) is 0 Å². The smallest absolute Gasteiger partial charge is 0.207 e. The fourth-order valence-corrected chi connectivity index (χ4v) is 0.762. The van der Waals surface area contributed by atoms with E-state index in [1.165, 1.54) is 13.1 Å². The highest BCUT2D eigenvalue weighted by Crippen LogP contribution is 2.14. The molecule has 0 atom stereocenters. The summed E-state index contributed by atoms with van der Waals surface area (Å²) in [5.41, 5.74) is 0.729. The lowest BCUT2D eigenvalue weighted by molar-refractivity contribution is 0.0544. The Morgan fingerprint density at radius 1 is 1.73 bits per heavy atom. The second kappa shape index (κ2) is 2.70. The zero-order chi connectivity index (χ0) is 8.43. The molecular formula is C7H6F2N2. The summed E-state index contributed by atoms with van der Waals surface area (Å²) >= 11 is 0. The summed E-state index contributed by atoms with van der Waals surface area (Å²) in [5.74, 6) is 2.25. The molecule has 0 radical (unpaired) electrons. The van der Waals surface area contributed by atoms with Crippen molar-refractivity contribution >= 4 is 0 Å². The molecule has 0 aliphatic rings. The maximum Gasteiger partial charge on any atom is 0.333 e. The van der Waals surface area contributed by atoms with Gasteiger partial charge in [-0.1, -0.05) is 5.92 Å². The van der Waals surface area contributed by atoms with Crippen LogP contribution < -0.4 is 0 Å². The van der Waals surface area contributed by atoms with Crippen LogP contribution in [0.4, 0.5) is 8.78 Å². The molecule has 0 amide bonds. The van der Waals surface area contributed by atoms with Crippen LogP contribution in [0.2, 0.25) is 0 Å². The molecule has 1 heterocycles. The quantitative estimate of drug-likeness (QED) is 0.564. The Morgan fingerprint density at radius 2 is 2.36 bits per heavy atom. The first-order valence-electron chi connectivity index (χ1n) is 2.95. The largest absolute Gasteiger partial charge is 0.333 e. The van der Waals surface area contributed by atoms with Gasteiger partial charge in [-0.05, 0) is 6.92 Å². The van der Waals surface area contributed by atoms with Crippen molar-refractivity contribution in [2.24, 2.45) is 0 Å². The third-order valence-corrected chi connectivity index (χ3v) is 1.39. The third-order valence-electron chi connectivity index (χ3n) is 1.39. The van der Waals surface area contributed by atoms with Gasteiger partial charge in [-0.3, -0.25) is 0 Å². The first-order chi connectivity index (χ1) is 5.16. The summed E-state index contributed by atoms with van der Waals surface area (Å²) in [4.78, 5) is 0. The van der Waals surface area contributed by atoms with Crippen LogP contribution >= 0.6 is 0 Å². The van der Waals surface area contributed by atoms with E-state index in [2.05, 4.69) is 11.0 Å². The second-order valence-corrected chi connectivity index (χ2v) is 2.01. The fraction of sp³-hybridized carbons (Fsp3) is 0.286. The van der Waals surface area contributed by atoms with Gasteiger partial charge in [-0.2, -0.15) is 13.9 Å². The van der Waals surface area contributed by atoms with Gasteiger partial charge >= 0.3 is 6.55 Å². The molecule has 0 aliphatic carbocycles. The Hall–Kier alpha value is -1.37. The van der Waals surface area contributed by atoms with E-state index in [-0.39, 0.29) is 0 Å². The molecule has 0 unspecified atom stereocenters. The first-order valence-corrected chi connectivity index (χ1v) is 2.95. The number of aromatic nitrogens is 2. The predicted octanol–water partition coefficient (Wildman–Crippen LogP) is 1.57. The molecule has 1 aromatic heterocycles. The van der Waals surface area contributed by atoms with Gasteiger partial charge in [0.2, 0.25) is 0 Å². The van der Waals surface area contributed by atoms with Gasteiger partial charge in [0.15, 0.2) is 0 Å². The van der Waals surface area contributed by atoms with Crippen LogP contribution in [-0.2, 0) is 0 Å². The minimum Gasteiger partial charge on any atom is -0.207 e. The Kier molecular flexibility index (Phi) is 1.90. The lowest BCUT2D eigenvalue weighted by Crippen LogP contribution is -2.02. The van der Waals surface area contributed by atoms with Crippen molar-refractivity contribution in [1.29, 1.82) is 0 Å². The van der Waals surface area contributed by atoms with Crippen LogP contribution in [0.5, 0.6) is 0 Å². The van der Waals surface area contributed by atoms with Gasteiger partial charge in [0.1, 0.15) is 0 Å². The SMILES string of the molecule is C#Cc1cnn(C(F)F)c1C. The third kappa shape index (κ3) is 1.22. The molecule has 0 spiro atoms. The summed E-state index contributed by atoms with van der Waals surface area (Å²) in [6.45, 7) is -1.11. The minimum absolute atomic E-state index is 0.322. The molecule has 0 fully saturated rings. The summed E-state index contributed by atoms with van der Waals surface area (Å²) in [6.07, 6.45) is 6.27. The fourth-order valence-electron chi connectivity index (χ4n) is 0.762. The van der Waals surface area contributed by atoms with Crippen LogP contribution in [0.1, 0.15) is 17.8 Å². The van der Waals surface area contributed by atoms with Gasteiger partial charge in [0.25, 0.3) is 0 Å².